The predicted octanol–water partition coefficient (Wildman–Crippen LogP) is 4.69. The molecule has 5 heteroatoms. The number of hydrogen-bond acceptors (Lipinski definition) is 4. The highest BCUT2D eigenvalue weighted by Crippen LogP contribution is 2.34. The molecule has 1 unspecified atom stereocenters. The number of para-hydroxylation sites is 2. The maximum Gasteiger partial charge on any atom is 0.278 e. The molecule has 1 aliphatic heterocycles. The second-order valence-electron chi connectivity index (χ2n) is 6.86. The maximum absolute atomic E-state index is 13.2. The van der Waals surface area contributed by atoms with E-state index >= 15 is 0 Å². The lowest BCUT2D eigenvalue weighted by Gasteiger charge is -2.35. The van der Waals surface area contributed by atoms with E-state index in [2.05, 4.69) is 10.4 Å². The Morgan fingerprint density at radius 3 is 2.43 bits per heavy atom. The van der Waals surface area contributed by atoms with Crippen LogP contribution in [0.1, 0.15) is 40.1 Å². The van der Waals surface area contributed by atoms with E-state index in [1.807, 2.05) is 55.5 Å². The lowest BCUT2D eigenvalue weighted by Crippen LogP contribution is -2.40. The molecule has 0 fully saturated rings. The first-order chi connectivity index (χ1) is 13.5. The number of hydrogen-bond donors (Lipinski definition) is 2. The molecule has 3 aromatic rings. The zero-order chi connectivity index (χ0) is 19.7. The van der Waals surface area contributed by atoms with Gasteiger partial charge in [0.25, 0.3) is 5.91 Å². The third-order valence-electron chi connectivity index (χ3n) is 4.85. The molecule has 28 heavy (non-hydrogen) atoms. The summed E-state index contributed by atoms with van der Waals surface area (Å²) in [6.45, 7) is 3.81. The summed E-state index contributed by atoms with van der Waals surface area (Å²) in [6, 6.07) is 22.4. The van der Waals surface area contributed by atoms with Gasteiger partial charge in [-0.1, -0.05) is 54.1 Å². The summed E-state index contributed by atoms with van der Waals surface area (Å²) >= 11 is 0. The van der Waals surface area contributed by atoms with E-state index in [9.17, 15) is 9.90 Å². The summed E-state index contributed by atoms with van der Waals surface area (Å²) in [5.74, 6) is -0.0526. The number of fused-ring (bicyclic) bond motifs is 1. The number of aryl methyl sites for hydroxylation is 1. The smallest absolute Gasteiger partial charge is 0.278 e. The first kappa shape index (κ1) is 17.8. The van der Waals surface area contributed by atoms with E-state index in [1.54, 1.807) is 31.2 Å². The van der Waals surface area contributed by atoms with E-state index in [0.717, 1.165) is 16.8 Å². The standard InChI is InChI=1S/C23H21N3O2/c1-15-11-13-17(14-12-15)22-24-20-9-5-3-8-19(20)23(28)26(22)25-16(2)18-7-4-6-10-21(18)27/h3-14,22,24,27H,1-2H3/b25-16+. The normalized spacial score (nSPS) is 16.5. The summed E-state index contributed by atoms with van der Waals surface area (Å²) in [4.78, 5) is 13.2. The predicted molar refractivity (Wildman–Crippen MR) is 110 cm³/mol. The van der Waals surface area contributed by atoms with Crippen LogP contribution in [-0.2, 0) is 0 Å². The minimum atomic E-state index is -0.441. The molecule has 0 radical (unpaired) electrons. The van der Waals surface area contributed by atoms with Crippen LogP contribution in [-0.4, -0.2) is 21.7 Å². The van der Waals surface area contributed by atoms with Crippen LogP contribution in [0.4, 0.5) is 5.69 Å². The molecule has 2 N–H and O–H groups in total. The van der Waals surface area contributed by atoms with Gasteiger partial charge in [0.15, 0.2) is 6.17 Å². The van der Waals surface area contributed by atoms with E-state index in [4.69, 9.17) is 0 Å². The van der Waals surface area contributed by atoms with Crippen LogP contribution in [0.25, 0.3) is 0 Å². The Hall–Kier alpha value is -3.60. The van der Waals surface area contributed by atoms with Gasteiger partial charge in [0.05, 0.1) is 11.3 Å². The fraction of sp³-hybridized carbons (Fsp3) is 0.130. The van der Waals surface area contributed by atoms with Gasteiger partial charge >= 0.3 is 0 Å². The van der Waals surface area contributed by atoms with E-state index < -0.39 is 6.17 Å². The Balaban J connectivity index is 1.81. The number of carbonyl (C=O) groups excluding carboxylic acids is 1. The molecule has 1 atom stereocenters. The Morgan fingerprint density at radius 2 is 1.68 bits per heavy atom. The summed E-state index contributed by atoms with van der Waals surface area (Å²) < 4.78 is 0. The fourth-order valence-electron chi connectivity index (χ4n) is 3.32. The number of amides is 1. The maximum atomic E-state index is 13.2. The van der Waals surface area contributed by atoms with Crippen LogP contribution in [0, 0.1) is 6.92 Å². The van der Waals surface area contributed by atoms with Crippen LogP contribution in [0.15, 0.2) is 77.9 Å². The molecular formula is C23H21N3O2. The van der Waals surface area contributed by atoms with Gasteiger partial charge < -0.3 is 10.4 Å². The van der Waals surface area contributed by atoms with Gasteiger partial charge in [-0.25, -0.2) is 5.01 Å². The number of hydrazone groups is 1. The third kappa shape index (κ3) is 3.22. The topological polar surface area (TPSA) is 64.9 Å². The quantitative estimate of drug-likeness (QED) is 0.657. The van der Waals surface area contributed by atoms with Gasteiger partial charge in [-0.2, -0.15) is 5.10 Å². The Labute approximate surface area is 163 Å². The molecule has 4 rings (SSSR count). The molecule has 1 aliphatic rings. The molecular weight excluding hydrogens is 350 g/mol. The summed E-state index contributed by atoms with van der Waals surface area (Å²) in [6.07, 6.45) is -0.441. The van der Waals surface area contributed by atoms with Gasteiger partial charge in [0.2, 0.25) is 0 Å². The number of phenolic OH excluding ortho intramolecular Hbond substituents is 1. The van der Waals surface area contributed by atoms with Crippen LogP contribution >= 0.6 is 0 Å². The second-order valence-corrected chi connectivity index (χ2v) is 6.86. The molecule has 1 amide bonds. The molecule has 0 aliphatic carbocycles. The van der Waals surface area contributed by atoms with E-state index in [-0.39, 0.29) is 11.7 Å². The monoisotopic (exact) mass is 371 g/mol. The van der Waals surface area contributed by atoms with E-state index in [0.29, 0.717) is 16.8 Å². The zero-order valence-corrected chi connectivity index (χ0v) is 15.8. The summed E-state index contributed by atoms with van der Waals surface area (Å²) in [5.41, 5.74) is 4.58. The van der Waals surface area contributed by atoms with Gasteiger partial charge in [0, 0.05) is 11.3 Å². The van der Waals surface area contributed by atoms with Crippen molar-refractivity contribution in [1.29, 1.82) is 0 Å². The molecule has 5 nitrogen and oxygen atoms in total. The van der Waals surface area contributed by atoms with Crippen molar-refractivity contribution in [2.45, 2.75) is 20.0 Å². The van der Waals surface area contributed by atoms with Crippen molar-refractivity contribution < 1.29 is 9.90 Å². The van der Waals surface area contributed by atoms with Crippen LogP contribution in [0.2, 0.25) is 0 Å². The highest BCUT2D eigenvalue weighted by Gasteiger charge is 2.33. The average molecular weight is 371 g/mol. The largest absolute Gasteiger partial charge is 0.507 e. The second kappa shape index (κ2) is 7.19. The average Bonchev–Trinajstić information content (AvgIpc) is 2.71. The Morgan fingerprint density at radius 1 is 1.00 bits per heavy atom. The minimum absolute atomic E-state index is 0.133. The minimum Gasteiger partial charge on any atom is -0.507 e. The Bertz CT molecular complexity index is 1060. The van der Waals surface area contributed by atoms with E-state index in [1.165, 1.54) is 5.01 Å². The number of anilines is 1. The number of nitrogens with one attached hydrogen (secondary N) is 1. The number of phenols is 1. The molecule has 0 bridgehead atoms. The van der Waals surface area contributed by atoms with Crippen molar-refractivity contribution in [1.82, 2.24) is 5.01 Å². The van der Waals surface area contributed by atoms with Gasteiger partial charge in [-0.05, 0) is 43.7 Å². The highest BCUT2D eigenvalue weighted by atomic mass is 16.3. The van der Waals surface area contributed by atoms with Gasteiger partial charge in [-0.3, -0.25) is 4.79 Å². The molecule has 0 saturated heterocycles. The lowest BCUT2D eigenvalue weighted by atomic mass is 10.0. The molecule has 1 heterocycles. The van der Waals surface area contributed by atoms with Crippen LogP contribution in [0.5, 0.6) is 5.75 Å². The molecule has 140 valence electrons. The molecule has 0 saturated carbocycles. The zero-order valence-electron chi connectivity index (χ0n) is 15.8. The van der Waals surface area contributed by atoms with Crippen molar-refractivity contribution in [3.8, 4) is 5.75 Å². The summed E-state index contributed by atoms with van der Waals surface area (Å²) in [5, 5.41) is 19.6. The third-order valence-corrected chi connectivity index (χ3v) is 4.85. The van der Waals surface area contributed by atoms with Gasteiger partial charge in [-0.15, -0.1) is 0 Å². The molecule has 3 aromatic carbocycles. The lowest BCUT2D eigenvalue weighted by molar-refractivity contribution is 0.0689. The summed E-state index contributed by atoms with van der Waals surface area (Å²) in [7, 11) is 0. The van der Waals surface area contributed by atoms with Crippen molar-refractivity contribution >= 4 is 17.3 Å². The number of benzene rings is 3. The van der Waals surface area contributed by atoms with Crippen molar-refractivity contribution in [2.75, 3.05) is 5.32 Å². The first-order valence-electron chi connectivity index (χ1n) is 9.14. The van der Waals surface area contributed by atoms with Crippen LogP contribution in [0.3, 0.4) is 0 Å². The van der Waals surface area contributed by atoms with Crippen LogP contribution < -0.4 is 5.32 Å². The highest BCUT2D eigenvalue weighted by molar-refractivity contribution is 6.05. The molecule has 0 spiro atoms. The van der Waals surface area contributed by atoms with Crippen molar-refractivity contribution in [3.63, 3.8) is 0 Å². The molecule has 0 aromatic heterocycles. The fourth-order valence-corrected chi connectivity index (χ4v) is 3.32. The van der Waals surface area contributed by atoms with Gasteiger partial charge in [0.1, 0.15) is 5.75 Å². The SMILES string of the molecule is C/C(=N\N1C(=O)c2ccccc2NC1c1ccc(C)cc1)c1ccccc1O. The number of aromatic hydroxyl groups is 1. The van der Waals surface area contributed by atoms with Crippen molar-refractivity contribution in [3.05, 3.63) is 95.1 Å². The Kier molecular flexibility index (Phi) is 4.57. The number of carbonyl (C=O) groups is 1. The van der Waals surface area contributed by atoms with Crippen molar-refractivity contribution in [2.24, 2.45) is 5.10 Å². The first-order valence-corrected chi connectivity index (χ1v) is 9.14. The number of rotatable bonds is 3. The number of nitrogens with zero attached hydrogens (tertiary/aromatic N) is 2.